The number of halogens is 1. The molecule has 2 heterocycles. The summed E-state index contributed by atoms with van der Waals surface area (Å²) in [4.78, 5) is 14.1. The Bertz CT molecular complexity index is 601. The van der Waals surface area contributed by atoms with Gasteiger partial charge in [0.05, 0.1) is 5.56 Å². The van der Waals surface area contributed by atoms with Crippen molar-refractivity contribution in [1.82, 2.24) is 4.90 Å². The van der Waals surface area contributed by atoms with E-state index in [-0.39, 0.29) is 10.1 Å². The van der Waals surface area contributed by atoms with Crippen molar-refractivity contribution in [2.24, 2.45) is 5.41 Å². The van der Waals surface area contributed by atoms with Crippen LogP contribution in [0.5, 0.6) is 0 Å². The van der Waals surface area contributed by atoms with Gasteiger partial charge in [0.15, 0.2) is 0 Å². The smallest absolute Gasteiger partial charge is 0.270 e. The molecule has 1 fully saturated rings. The van der Waals surface area contributed by atoms with Crippen molar-refractivity contribution in [3.8, 4) is 0 Å². The number of hydrogen-bond donors (Lipinski definition) is 0. The Labute approximate surface area is 128 Å². The van der Waals surface area contributed by atoms with E-state index in [9.17, 15) is 13.2 Å². The number of piperidine rings is 1. The lowest BCUT2D eigenvalue weighted by atomic mass is 9.78. The Morgan fingerprint density at radius 2 is 2.05 bits per heavy atom. The Balaban J connectivity index is 2.08. The van der Waals surface area contributed by atoms with E-state index in [1.165, 1.54) is 6.07 Å². The first-order chi connectivity index (χ1) is 9.25. The van der Waals surface area contributed by atoms with Gasteiger partial charge in [-0.3, -0.25) is 4.79 Å². The van der Waals surface area contributed by atoms with Gasteiger partial charge in [0.2, 0.25) is 0 Å². The molecule has 1 aromatic heterocycles. The van der Waals surface area contributed by atoms with Crippen LogP contribution in [0.15, 0.2) is 15.7 Å². The van der Waals surface area contributed by atoms with Gasteiger partial charge in [0.1, 0.15) is 4.21 Å². The first-order valence-electron chi connectivity index (χ1n) is 6.58. The lowest BCUT2D eigenvalue weighted by molar-refractivity contribution is 0.0600. The highest BCUT2D eigenvalue weighted by Gasteiger charge is 2.31. The lowest BCUT2D eigenvalue weighted by Gasteiger charge is -2.38. The van der Waals surface area contributed by atoms with Crippen molar-refractivity contribution in [2.45, 2.75) is 37.3 Å². The van der Waals surface area contributed by atoms with Crippen LogP contribution in [0.25, 0.3) is 0 Å². The fourth-order valence-electron chi connectivity index (χ4n) is 2.34. The molecule has 0 spiro atoms. The third-order valence-electron chi connectivity index (χ3n) is 4.17. The van der Waals surface area contributed by atoms with E-state index in [4.69, 9.17) is 10.7 Å². The molecule has 1 aromatic rings. The maximum Gasteiger partial charge on any atom is 0.270 e. The predicted molar refractivity (Wildman–Crippen MR) is 80.9 cm³/mol. The van der Waals surface area contributed by atoms with Crippen molar-refractivity contribution in [3.63, 3.8) is 0 Å². The first kappa shape index (κ1) is 15.8. The van der Waals surface area contributed by atoms with Crippen LogP contribution in [0.4, 0.5) is 0 Å². The maximum atomic E-state index is 12.3. The summed E-state index contributed by atoms with van der Waals surface area (Å²) in [6, 6.07) is 1.36. The quantitative estimate of drug-likeness (QED) is 0.796. The van der Waals surface area contributed by atoms with Crippen LogP contribution in [0.1, 0.15) is 43.5 Å². The number of nitrogens with zero attached hydrogens (tertiary/aromatic N) is 1. The maximum absolute atomic E-state index is 12.3. The number of thiophene rings is 1. The average Bonchev–Trinajstić information content (AvgIpc) is 2.88. The van der Waals surface area contributed by atoms with E-state index in [2.05, 4.69) is 13.8 Å². The molecule has 1 aliphatic rings. The molecule has 1 aliphatic heterocycles. The SMILES string of the molecule is CCC1(C)CCN(C(=O)c2csc(S(=O)(=O)Cl)c2)CC1. The lowest BCUT2D eigenvalue weighted by Crippen LogP contribution is -2.41. The van der Waals surface area contributed by atoms with Crippen LogP contribution in [0.2, 0.25) is 0 Å². The molecule has 0 atom stereocenters. The second kappa shape index (κ2) is 5.66. The van der Waals surface area contributed by atoms with Gasteiger partial charge in [-0.2, -0.15) is 0 Å². The molecule has 0 unspecified atom stereocenters. The van der Waals surface area contributed by atoms with E-state index in [1.807, 2.05) is 0 Å². The minimum atomic E-state index is -3.75. The standard InChI is InChI=1S/C13H18ClNO3S2/c1-3-13(2)4-6-15(7-5-13)12(16)10-8-11(19-9-10)20(14,17)18/h8-9H,3-7H2,1-2H3. The van der Waals surface area contributed by atoms with Crippen LogP contribution >= 0.6 is 22.0 Å². The summed E-state index contributed by atoms with van der Waals surface area (Å²) >= 11 is 0.986. The molecular weight excluding hydrogens is 318 g/mol. The fourth-order valence-corrected chi connectivity index (χ4v) is 4.28. The fraction of sp³-hybridized carbons (Fsp3) is 0.615. The van der Waals surface area contributed by atoms with Gasteiger partial charge >= 0.3 is 0 Å². The van der Waals surface area contributed by atoms with Gasteiger partial charge in [-0.25, -0.2) is 8.42 Å². The molecular formula is C13H18ClNO3S2. The van der Waals surface area contributed by atoms with Crippen LogP contribution in [-0.2, 0) is 9.05 Å². The zero-order valence-electron chi connectivity index (χ0n) is 11.6. The van der Waals surface area contributed by atoms with E-state index < -0.39 is 9.05 Å². The summed E-state index contributed by atoms with van der Waals surface area (Å²) in [6.45, 7) is 5.87. The van der Waals surface area contributed by atoms with Crippen molar-refractivity contribution >= 4 is 37.0 Å². The van der Waals surface area contributed by atoms with Crippen LogP contribution in [-0.4, -0.2) is 32.3 Å². The van der Waals surface area contributed by atoms with E-state index >= 15 is 0 Å². The molecule has 1 amide bonds. The van der Waals surface area contributed by atoms with Gasteiger partial charge in [-0.05, 0) is 24.3 Å². The topological polar surface area (TPSA) is 54.5 Å². The van der Waals surface area contributed by atoms with Gasteiger partial charge in [0.25, 0.3) is 15.0 Å². The van der Waals surface area contributed by atoms with Gasteiger partial charge in [0, 0.05) is 29.2 Å². The average molecular weight is 336 g/mol. The Hall–Kier alpha value is -0.590. The number of rotatable bonds is 3. The van der Waals surface area contributed by atoms with Gasteiger partial charge in [-0.15, -0.1) is 11.3 Å². The molecule has 0 bridgehead atoms. The first-order valence-corrected chi connectivity index (χ1v) is 9.76. The normalized spacial score (nSPS) is 19.1. The summed E-state index contributed by atoms with van der Waals surface area (Å²) in [6.07, 6.45) is 3.09. The van der Waals surface area contributed by atoms with Crippen LogP contribution in [0.3, 0.4) is 0 Å². The summed E-state index contributed by atoms with van der Waals surface area (Å²) in [5.74, 6) is -0.106. The van der Waals surface area contributed by atoms with Crippen molar-refractivity contribution in [3.05, 3.63) is 17.0 Å². The van der Waals surface area contributed by atoms with Crippen LogP contribution in [0, 0.1) is 5.41 Å². The zero-order valence-corrected chi connectivity index (χ0v) is 13.9. The molecule has 4 nitrogen and oxygen atoms in total. The number of carbonyl (C=O) groups excluding carboxylic acids is 1. The molecule has 0 aliphatic carbocycles. The Kier molecular flexibility index (Phi) is 4.47. The number of amides is 1. The summed E-state index contributed by atoms with van der Waals surface area (Å²) in [5, 5.41) is 1.56. The molecule has 2 rings (SSSR count). The zero-order chi connectivity index (χ0) is 15.0. The molecule has 1 saturated heterocycles. The third kappa shape index (κ3) is 3.35. The van der Waals surface area contributed by atoms with E-state index in [0.29, 0.717) is 11.0 Å². The molecule has 7 heteroatoms. The molecule has 0 N–H and O–H groups in total. The van der Waals surface area contributed by atoms with Gasteiger partial charge < -0.3 is 4.90 Å². The monoisotopic (exact) mass is 335 g/mol. The largest absolute Gasteiger partial charge is 0.339 e. The molecule has 20 heavy (non-hydrogen) atoms. The molecule has 0 aromatic carbocycles. The molecule has 0 saturated carbocycles. The minimum absolute atomic E-state index is 0.0259. The molecule has 0 radical (unpaired) electrons. The van der Waals surface area contributed by atoms with Crippen molar-refractivity contribution in [2.75, 3.05) is 13.1 Å². The van der Waals surface area contributed by atoms with Crippen molar-refractivity contribution in [1.29, 1.82) is 0 Å². The summed E-state index contributed by atoms with van der Waals surface area (Å²) in [5.41, 5.74) is 0.727. The third-order valence-corrected chi connectivity index (χ3v) is 7.21. The minimum Gasteiger partial charge on any atom is -0.339 e. The Morgan fingerprint density at radius 3 is 2.50 bits per heavy atom. The highest BCUT2D eigenvalue weighted by Crippen LogP contribution is 2.34. The summed E-state index contributed by atoms with van der Waals surface area (Å²) < 4.78 is 22.5. The summed E-state index contributed by atoms with van der Waals surface area (Å²) in [7, 11) is 1.53. The number of hydrogen-bond acceptors (Lipinski definition) is 4. The van der Waals surface area contributed by atoms with E-state index in [0.717, 1.165) is 43.7 Å². The second-order valence-electron chi connectivity index (χ2n) is 5.55. The number of carbonyl (C=O) groups is 1. The van der Waals surface area contributed by atoms with Crippen LogP contribution < -0.4 is 0 Å². The predicted octanol–water partition coefficient (Wildman–Crippen LogP) is 3.33. The second-order valence-corrected chi connectivity index (χ2v) is 9.25. The highest BCUT2D eigenvalue weighted by molar-refractivity contribution is 8.15. The molecule has 112 valence electrons. The highest BCUT2D eigenvalue weighted by atomic mass is 35.7. The van der Waals surface area contributed by atoms with E-state index in [1.54, 1.807) is 10.3 Å². The van der Waals surface area contributed by atoms with Crippen molar-refractivity contribution < 1.29 is 13.2 Å². The number of likely N-dealkylation sites (tertiary alicyclic amines) is 1. The Morgan fingerprint density at radius 1 is 1.45 bits per heavy atom. The van der Waals surface area contributed by atoms with Gasteiger partial charge in [-0.1, -0.05) is 20.3 Å².